The number of nitrogens with one attached hydrogen (secondary N) is 1. The van der Waals surface area contributed by atoms with E-state index in [1.807, 2.05) is 19.1 Å². The van der Waals surface area contributed by atoms with Crippen molar-refractivity contribution in [2.45, 2.75) is 31.3 Å². The van der Waals surface area contributed by atoms with Crippen molar-refractivity contribution in [2.24, 2.45) is 0 Å². The van der Waals surface area contributed by atoms with Crippen molar-refractivity contribution in [3.05, 3.63) is 57.7 Å². The third-order valence-corrected chi connectivity index (χ3v) is 6.69. The minimum absolute atomic E-state index is 0.0865. The zero-order chi connectivity index (χ0) is 18.9. The Labute approximate surface area is 156 Å². The summed E-state index contributed by atoms with van der Waals surface area (Å²) in [6.07, 6.45) is 0. The van der Waals surface area contributed by atoms with Crippen molar-refractivity contribution in [3.8, 4) is 5.75 Å². The Hall–Kier alpha value is -2.16. The van der Waals surface area contributed by atoms with Gasteiger partial charge in [-0.1, -0.05) is 23.5 Å². The second-order valence-electron chi connectivity index (χ2n) is 5.86. The highest BCUT2D eigenvalue weighted by atomic mass is 32.2. The lowest BCUT2D eigenvalue weighted by atomic mass is 10.1. The van der Waals surface area contributed by atoms with Crippen molar-refractivity contribution in [2.75, 3.05) is 7.11 Å². The zero-order valence-corrected chi connectivity index (χ0v) is 16.4. The first-order valence-electron chi connectivity index (χ1n) is 8.15. The minimum Gasteiger partial charge on any atom is -0.497 e. The van der Waals surface area contributed by atoms with Crippen LogP contribution < -0.4 is 14.3 Å². The van der Waals surface area contributed by atoms with E-state index in [4.69, 9.17) is 4.74 Å². The van der Waals surface area contributed by atoms with Crippen LogP contribution in [0.3, 0.4) is 0 Å². The predicted molar refractivity (Wildman–Crippen MR) is 103 cm³/mol. The van der Waals surface area contributed by atoms with Crippen LogP contribution >= 0.6 is 11.3 Å². The fraction of sp³-hybridized carbons (Fsp3) is 0.278. The summed E-state index contributed by atoms with van der Waals surface area (Å²) in [6, 6.07) is 11.6. The molecule has 0 saturated heterocycles. The molecule has 138 valence electrons. The third-order valence-electron chi connectivity index (χ3n) is 4.21. The van der Waals surface area contributed by atoms with E-state index in [1.165, 1.54) is 6.07 Å². The number of hydrogen-bond donors (Lipinski definition) is 1. The number of thiazole rings is 1. The molecule has 0 aliphatic rings. The molecule has 8 heteroatoms. The fourth-order valence-electron chi connectivity index (χ4n) is 2.77. The van der Waals surface area contributed by atoms with E-state index in [0.29, 0.717) is 17.0 Å². The van der Waals surface area contributed by atoms with Crippen LogP contribution in [-0.2, 0) is 16.6 Å². The molecule has 1 N–H and O–H groups in total. The fourth-order valence-corrected chi connectivity index (χ4v) is 5.10. The van der Waals surface area contributed by atoms with E-state index in [1.54, 1.807) is 42.9 Å². The molecular weight excluding hydrogens is 372 g/mol. The smallest absolute Gasteiger partial charge is 0.308 e. The molecule has 0 aliphatic carbocycles. The van der Waals surface area contributed by atoms with E-state index in [0.717, 1.165) is 22.4 Å². The number of methoxy groups -OCH3 is 1. The third kappa shape index (κ3) is 3.53. The van der Waals surface area contributed by atoms with Gasteiger partial charge in [-0.2, -0.15) is 0 Å². The van der Waals surface area contributed by atoms with Crippen LogP contribution in [0.2, 0.25) is 0 Å². The molecule has 3 aromatic rings. The van der Waals surface area contributed by atoms with Gasteiger partial charge in [-0.25, -0.2) is 13.1 Å². The van der Waals surface area contributed by atoms with Crippen molar-refractivity contribution in [3.63, 3.8) is 0 Å². The van der Waals surface area contributed by atoms with Crippen molar-refractivity contribution in [1.29, 1.82) is 0 Å². The number of aromatic nitrogens is 1. The van der Waals surface area contributed by atoms with E-state index in [2.05, 4.69) is 4.72 Å². The first kappa shape index (κ1) is 18.6. The van der Waals surface area contributed by atoms with Gasteiger partial charge in [-0.3, -0.25) is 9.36 Å². The first-order chi connectivity index (χ1) is 12.4. The molecule has 1 heterocycles. The summed E-state index contributed by atoms with van der Waals surface area (Å²) >= 11 is 1.05. The molecule has 0 fully saturated rings. The van der Waals surface area contributed by atoms with Crippen LogP contribution in [0.5, 0.6) is 5.75 Å². The Balaban J connectivity index is 1.89. The maximum atomic E-state index is 12.7. The number of nitrogens with zero attached hydrogens (tertiary/aromatic N) is 1. The molecule has 0 radical (unpaired) electrons. The Bertz CT molecular complexity index is 1080. The van der Waals surface area contributed by atoms with Crippen LogP contribution in [0.15, 0.2) is 52.2 Å². The molecule has 0 amide bonds. The minimum atomic E-state index is -3.71. The summed E-state index contributed by atoms with van der Waals surface area (Å²) in [5.41, 5.74) is 1.59. The Morgan fingerprint density at radius 3 is 2.50 bits per heavy atom. The number of rotatable bonds is 6. The molecule has 0 bridgehead atoms. The Morgan fingerprint density at radius 2 is 1.88 bits per heavy atom. The second-order valence-corrected chi connectivity index (χ2v) is 8.57. The van der Waals surface area contributed by atoms with E-state index in [9.17, 15) is 13.2 Å². The van der Waals surface area contributed by atoms with E-state index < -0.39 is 16.1 Å². The van der Waals surface area contributed by atoms with Gasteiger partial charge in [0.05, 0.1) is 22.2 Å². The number of hydrogen-bond acceptors (Lipinski definition) is 5. The highest BCUT2D eigenvalue weighted by molar-refractivity contribution is 7.89. The summed E-state index contributed by atoms with van der Waals surface area (Å²) in [7, 11) is -2.13. The van der Waals surface area contributed by atoms with Crippen LogP contribution in [0, 0.1) is 0 Å². The van der Waals surface area contributed by atoms with Gasteiger partial charge in [-0.15, -0.1) is 0 Å². The zero-order valence-electron chi connectivity index (χ0n) is 14.7. The van der Waals surface area contributed by atoms with Gasteiger partial charge in [0.2, 0.25) is 10.0 Å². The summed E-state index contributed by atoms with van der Waals surface area (Å²) in [6.45, 7) is 4.22. The molecule has 0 aliphatic heterocycles. The van der Waals surface area contributed by atoms with E-state index in [-0.39, 0.29) is 9.77 Å². The van der Waals surface area contributed by atoms with Gasteiger partial charge in [-0.05, 0) is 49.7 Å². The average Bonchev–Trinajstić information content (AvgIpc) is 2.95. The number of ether oxygens (including phenoxy) is 1. The molecule has 2 aromatic carbocycles. The molecule has 0 unspecified atom stereocenters. The lowest BCUT2D eigenvalue weighted by Gasteiger charge is -2.15. The second kappa shape index (κ2) is 7.22. The first-order valence-corrected chi connectivity index (χ1v) is 10.5. The Kier molecular flexibility index (Phi) is 5.17. The molecule has 0 spiro atoms. The van der Waals surface area contributed by atoms with Crippen molar-refractivity contribution >= 4 is 31.6 Å². The summed E-state index contributed by atoms with van der Waals surface area (Å²) in [4.78, 5) is 12.0. The van der Waals surface area contributed by atoms with Crippen LogP contribution in [0.4, 0.5) is 0 Å². The standard InChI is InChI=1S/C18H20N2O4S2/c1-4-20-16-10-9-15(11-17(16)25-18(20)21)26(22,23)19-12(2)13-5-7-14(24-3)8-6-13/h5-12,19H,4H2,1-3H3/t12-/m1/s1. The molecule has 0 saturated carbocycles. The number of sulfonamides is 1. The SMILES string of the molecule is CCn1c(=O)sc2cc(S(=O)(=O)N[C@H](C)c3ccc(OC)cc3)ccc21. The summed E-state index contributed by atoms with van der Waals surface area (Å²) in [5.74, 6) is 0.713. The molecule has 6 nitrogen and oxygen atoms in total. The maximum Gasteiger partial charge on any atom is 0.308 e. The largest absolute Gasteiger partial charge is 0.497 e. The maximum absolute atomic E-state index is 12.7. The van der Waals surface area contributed by atoms with Gasteiger partial charge in [0.1, 0.15) is 5.75 Å². The monoisotopic (exact) mass is 392 g/mol. The molecule has 26 heavy (non-hydrogen) atoms. The van der Waals surface area contributed by atoms with Crippen LogP contribution in [-0.4, -0.2) is 20.1 Å². The lowest BCUT2D eigenvalue weighted by Crippen LogP contribution is -2.26. The van der Waals surface area contributed by atoms with Crippen molar-refractivity contribution < 1.29 is 13.2 Å². The van der Waals surface area contributed by atoms with Gasteiger partial charge in [0.15, 0.2) is 0 Å². The number of benzene rings is 2. The summed E-state index contributed by atoms with van der Waals surface area (Å²) < 4.78 is 35.5. The molecule has 3 rings (SSSR count). The Morgan fingerprint density at radius 1 is 1.19 bits per heavy atom. The van der Waals surface area contributed by atoms with Crippen LogP contribution in [0.25, 0.3) is 10.2 Å². The van der Waals surface area contributed by atoms with Crippen molar-refractivity contribution in [1.82, 2.24) is 9.29 Å². The van der Waals surface area contributed by atoms with E-state index >= 15 is 0 Å². The summed E-state index contributed by atoms with van der Waals surface area (Å²) in [5, 5.41) is 0. The van der Waals surface area contributed by atoms with Gasteiger partial charge >= 0.3 is 4.87 Å². The lowest BCUT2D eigenvalue weighted by molar-refractivity contribution is 0.414. The number of fused-ring (bicyclic) bond motifs is 1. The quantitative estimate of drug-likeness (QED) is 0.699. The van der Waals surface area contributed by atoms with Gasteiger partial charge in [0, 0.05) is 12.6 Å². The molecule has 1 aromatic heterocycles. The highest BCUT2D eigenvalue weighted by Crippen LogP contribution is 2.24. The molecular formula is C18H20N2O4S2. The average molecular weight is 393 g/mol. The topological polar surface area (TPSA) is 77.4 Å². The van der Waals surface area contributed by atoms with Crippen LogP contribution in [0.1, 0.15) is 25.5 Å². The van der Waals surface area contributed by atoms with Gasteiger partial charge < -0.3 is 4.74 Å². The molecule has 1 atom stereocenters. The highest BCUT2D eigenvalue weighted by Gasteiger charge is 2.20. The number of aryl methyl sites for hydroxylation is 1. The van der Waals surface area contributed by atoms with Gasteiger partial charge in [0.25, 0.3) is 0 Å². The normalized spacial score (nSPS) is 13.0. The predicted octanol–water partition coefficient (Wildman–Crippen LogP) is 3.13.